The molecule has 0 atom stereocenters. The number of rotatable bonds is 3. The van der Waals surface area contributed by atoms with Crippen molar-refractivity contribution in [3.8, 4) is 0 Å². The largest absolute Gasteiger partial charge is 0.383 e. The van der Waals surface area contributed by atoms with Crippen LogP contribution in [0.25, 0.3) is 0 Å². The first-order chi connectivity index (χ1) is 9.29. The van der Waals surface area contributed by atoms with Gasteiger partial charge < -0.3 is 5.73 Å². The average Bonchev–Trinajstić information content (AvgIpc) is 2.36. The highest BCUT2D eigenvalue weighted by Gasteiger charge is 2.19. The van der Waals surface area contributed by atoms with E-state index in [0.717, 1.165) is 10.0 Å². The van der Waals surface area contributed by atoms with Gasteiger partial charge in [-0.25, -0.2) is 13.4 Å². The minimum Gasteiger partial charge on any atom is -0.383 e. The standard InChI is InChI=1S/C12H11Br2N3O2S/c1-7-2-3-9(5-10(7)14)17-20(18,19)11-4-8(13)6-16-12(11)15/h2-6,17H,1H3,(H2,15,16). The third-order valence-corrected chi connectivity index (χ3v) is 5.26. The average molecular weight is 421 g/mol. The normalized spacial score (nSPS) is 11.3. The number of benzene rings is 1. The Balaban J connectivity index is 2.40. The topological polar surface area (TPSA) is 85.1 Å². The molecule has 0 spiro atoms. The maximum atomic E-state index is 12.3. The van der Waals surface area contributed by atoms with Gasteiger partial charge in [-0.3, -0.25) is 4.72 Å². The van der Waals surface area contributed by atoms with Gasteiger partial charge in [-0.2, -0.15) is 0 Å². The molecule has 2 aromatic rings. The molecule has 0 unspecified atom stereocenters. The van der Waals surface area contributed by atoms with Crippen LogP contribution < -0.4 is 10.5 Å². The van der Waals surface area contributed by atoms with E-state index in [4.69, 9.17) is 5.73 Å². The molecule has 106 valence electrons. The van der Waals surface area contributed by atoms with Gasteiger partial charge in [0.2, 0.25) is 0 Å². The van der Waals surface area contributed by atoms with Crippen molar-refractivity contribution in [2.24, 2.45) is 0 Å². The highest BCUT2D eigenvalue weighted by molar-refractivity contribution is 9.10. The van der Waals surface area contributed by atoms with Crippen molar-refractivity contribution < 1.29 is 8.42 Å². The maximum Gasteiger partial charge on any atom is 0.265 e. The fourth-order valence-corrected chi connectivity index (χ4v) is 3.53. The van der Waals surface area contributed by atoms with Gasteiger partial charge in [0.05, 0.1) is 0 Å². The Bertz CT molecular complexity index is 763. The lowest BCUT2D eigenvalue weighted by Crippen LogP contribution is -2.15. The Morgan fingerprint density at radius 2 is 1.95 bits per heavy atom. The number of nitrogens with zero attached hydrogens (tertiary/aromatic N) is 1. The number of hydrogen-bond acceptors (Lipinski definition) is 4. The number of hydrogen-bond donors (Lipinski definition) is 2. The summed E-state index contributed by atoms with van der Waals surface area (Å²) >= 11 is 6.53. The summed E-state index contributed by atoms with van der Waals surface area (Å²) in [6, 6.07) is 6.59. The van der Waals surface area contributed by atoms with Crippen molar-refractivity contribution >= 4 is 53.4 Å². The molecule has 1 aromatic carbocycles. The second kappa shape index (κ2) is 5.71. The third-order valence-electron chi connectivity index (χ3n) is 2.56. The number of pyridine rings is 1. The van der Waals surface area contributed by atoms with Crippen molar-refractivity contribution in [2.45, 2.75) is 11.8 Å². The van der Waals surface area contributed by atoms with E-state index in [1.807, 2.05) is 13.0 Å². The molecular formula is C12H11Br2N3O2S. The first kappa shape index (κ1) is 15.3. The zero-order valence-electron chi connectivity index (χ0n) is 10.4. The van der Waals surface area contributed by atoms with Gasteiger partial charge in [-0.05, 0) is 46.6 Å². The Morgan fingerprint density at radius 3 is 2.60 bits per heavy atom. The molecule has 0 saturated heterocycles. The minimum absolute atomic E-state index is 0.0492. The van der Waals surface area contributed by atoms with E-state index in [9.17, 15) is 8.42 Å². The van der Waals surface area contributed by atoms with Gasteiger partial charge >= 0.3 is 0 Å². The van der Waals surface area contributed by atoms with Crippen molar-refractivity contribution in [3.05, 3.63) is 45.0 Å². The maximum absolute atomic E-state index is 12.3. The van der Waals surface area contributed by atoms with Gasteiger partial charge in [-0.15, -0.1) is 0 Å². The molecule has 20 heavy (non-hydrogen) atoms. The van der Waals surface area contributed by atoms with Crippen molar-refractivity contribution in [1.29, 1.82) is 0 Å². The van der Waals surface area contributed by atoms with Crippen molar-refractivity contribution in [1.82, 2.24) is 4.98 Å². The third kappa shape index (κ3) is 3.31. The molecule has 0 aliphatic heterocycles. The Kier molecular flexibility index (Phi) is 4.36. The van der Waals surface area contributed by atoms with Crippen LogP contribution >= 0.6 is 31.9 Å². The molecule has 0 bridgehead atoms. The van der Waals surface area contributed by atoms with E-state index in [0.29, 0.717) is 10.2 Å². The Labute approximate surface area is 133 Å². The molecule has 0 amide bonds. The lowest BCUT2D eigenvalue weighted by molar-refractivity contribution is 0.601. The zero-order chi connectivity index (χ0) is 14.9. The number of nitrogen functional groups attached to an aromatic ring is 1. The van der Waals surface area contributed by atoms with Crippen LogP contribution in [-0.2, 0) is 10.0 Å². The van der Waals surface area contributed by atoms with Crippen LogP contribution in [0.2, 0.25) is 0 Å². The fraction of sp³-hybridized carbons (Fsp3) is 0.0833. The predicted octanol–water partition coefficient (Wildman–Crippen LogP) is 3.30. The minimum atomic E-state index is -3.78. The molecule has 0 aliphatic rings. The van der Waals surface area contributed by atoms with Crippen LogP contribution in [0.1, 0.15) is 5.56 Å². The van der Waals surface area contributed by atoms with Gasteiger partial charge in [0.25, 0.3) is 10.0 Å². The zero-order valence-corrected chi connectivity index (χ0v) is 14.4. The number of nitrogens with two attached hydrogens (primary N) is 1. The van der Waals surface area contributed by atoms with Crippen molar-refractivity contribution in [2.75, 3.05) is 10.5 Å². The van der Waals surface area contributed by atoms with E-state index in [-0.39, 0.29) is 10.7 Å². The molecule has 8 heteroatoms. The summed E-state index contributed by atoms with van der Waals surface area (Å²) < 4.78 is 28.4. The summed E-state index contributed by atoms with van der Waals surface area (Å²) in [5.74, 6) is -0.0492. The number of aryl methyl sites for hydroxylation is 1. The number of anilines is 2. The summed E-state index contributed by atoms with van der Waals surface area (Å²) in [5, 5.41) is 0. The monoisotopic (exact) mass is 419 g/mol. The summed E-state index contributed by atoms with van der Waals surface area (Å²) in [6.45, 7) is 1.92. The molecule has 2 rings (SSSR count). The predicted molar refractivity (Wildman–Crippen MR) is 86.0 cm³/mol. The van der Waals surface area contributed by atoms with E-state index in [1.165, 1.54) is 12.3 Å². The highest BCUT2D eigenvalue weighted by Crippen LogP contribution is 2.25. The van der Waals surface area contributed by atoms with E-state index >= 15 is 0 Å². The van der Waals surface area contributed by atoms with Crippen LogP contribution in [-0.4, -0.2) is 13.4 Å². The van der Waals surface area contributed by atoms with Crippen LogP contribution in [0.3, 0.4) is 0 Å². The quantitative estimate of drug-likeness (QED) is 0.797. The molecule has 3 N–H and O–H groups in total. The summed E-state index contributed by atoms with van der Waals surface area (Å²) in [4.78, 5) is 3.75. The molecule has 0 saturated carbocycles. The second-order valence-electron chi connectivity index (χ2n) is 4.11. The first-order valence-corrected chi connectivity index (χ1v) is 8.56. The van der Waals surface area contributed by atoms with Crippen LogP contribution in [0.15, 0.2) is 44.3 Å². The molecule has 0 radical (unpaired) electrons. The lowest BCUT2D eigenvalue weighted by atomic mass is 10.2. The van der Waals surface area contributed by atoms with Gasteiger partial charge in [0.1, 0.15) is 10.7 Å². The number of halogens is 2. The van der Waals surface area contributed by atoms with Gasteiger partial charge in [0.15, 0.2) is 0 Å². The molecule has 0 aliphatic carbocycles. The smallest absolute Gasteiger partial charge is 0.265 e. The Morgan fingerprint density at radius 1 is 1.25 bits per heavy atom. The van der Waals surface area contributed by atoms with Gasteiger partial charge in [0, 0.05) is 20.8 Å². The highest BCUT2D eigenvalue weighted by atomic mass is 79.9. The molecule has 1 aromatic heterocycles. The van der Waals surface area contributed by atoms with E-state index in [2.05, 4.69) is 41.6 Å². The van der Waals surface area contributed by atoms with Crippen LogP contribution in [0.4, 0.5) is 11.5 Å². The molecule has 1 heterocycles. The Hall–Kier alpha value is -1.12. The van der Waals surface area contributed by atoms with Crippen molar-refractivity contribution in [3.63, 3.8) is 0 Å². The molecule has 0 fully saturated rings. The molecular weight excluding hydrogens is 410 g/mol. The SMILES string of the molecule is Cc1ccc(NS(=O)(=O)c2cc(Br)cnc2N)cc1Br. The lowest BCUT2D eigenvalue weighted by Gasteiger charge is -2.11. The first-order valence-electron chi connectivity index (χ1n) is 5.49. The summed E-state index contributed by atoms with van der Waals surface area (Å²) in [6.07, 6.45) is 1.44. The number of nitrogens with one attached hydrogen (secondary N) is 1. The summed E-state index contributed by atoms with van der Waals surface area (Å²) in [5.41, 5.74) is 7.08. The van der Waals surface area contributed by atoms with Crippen LogP contribution in [0.5, 0.6) is 0 Å². The van der Waals surface area contributed by atoms with E-state index in [1.54, 1.807) is 12.1 Å². The molecule has 5 nitrogen and oxygen atoms in total. The number of aromatic nitrogens is 1. The second-order valence-corrected chi connectivity index (χ2v) is 7.53. The fourth-order valence-electron chi connectivity index (χ4n) is 1.51. The van der Waals surface area contributed by atoms with Gasteiger partial charge in [-0.1, -0.05) is 22.0 Å². The van der Waals surface area contributed by atoms with E-state index < -0.39 is 10.0 Å². The van der Waals surface area contributed by atoms with Crippen LogP contribution in [0, 0.1) is 6.92 Å². The summed E-state index contributed by atoms with van der Waals surface area (Å²) in [7, 11) is -3.78. The number of sulfonamides is 1.